The van der Waals surface area contributed by atoms with Gasteiger partial charge in [0.15, 0.2) is 0 Å². The Labute approximate surface area is 122 Å². The zero-order valence-electron chi connectivity index (χ0n) is 11.6. The van der Waals surface area contributed by atoms with Crippen molar-refractivity contribution in [2.24, 2.45) is 5.92 Å². The second kappa shape index (κ2) is 6.05. The van der Waals surface area contributed by atoms with Gasteiger partial charge in [-0.1, -0.05) is 0 Å². The van der Waals surface area contributed by atoms with Crippen molar-refractivity contribution in [3.05, 3.63) is 42.6 Å². The van der Waals surface area contributed by atoms with Crippen LogP contribution in [0.2, 0.25) is 0 Å². The predicted molar refractivity (Wildman–Crippen MR) is 77.0 cm³/mol. The molecule has 0 aliphatic heterocycles. The summed E-state index contributed by atoms with van der Waals surface area (Å²) in [6.07, 6.45) is 9.08. The van der Waals surface area contributed by atoms with Crippen LogP contribution in [0.1, 0.15) is 29.6 Å². The van der Waals surface area contributed by atoms with Crippen LogP contribution in [0.3, 0.4) is 0 Å². The number of amides is 1. The van der Waals surface area contributed by atoms with E-state index in [4.69, 9.17) is 0 Å². The summed E-state index contributed by atoms with van der Waals surface area (Å²) in [4.78, 5) is 20.3. The second-order valence-electron chi connectivity index (χ2n) is 5.42. The number of imidazole rings is 1. The minimum atomic E-state index is -0.206. The average Bonchev–Trinajstić information content (AvgIpc) is 3.16. The van der Waals surface area contributed by atoms with Crippen LogP contribution >= 0.6 is 0 Å². The molecule has 2 N–H and O–H groups in total. The molecule has 1 amide bonds. The van der Waals surface area contributed by atoms with E-state index in [0.29, 0.717) is 18.0 Å². The lowest BCUT2D eigenvalue weighted by molar-refractivity contribution is 0.0944. The van der Waals surface area contributed by atoms with Crippen LogP contribution in [0.5, 0.6) is 0 Å². The quantitative estimate of drug-likeness (QED) is 0.884. The highest BCUT2D eigenvalue weighted by Crippen LogP contribution is 2.24. The Kier molecular flexibility index (Phi) is 3.96. The molecule has 0 aromatic carbocycles. The van der Waals surface area contributed by atoms with E-state index in [-0.39, 0.29) is 12.0 Å². The van der Waals surface area contributed by atoms with Gasteiger partial charge in [0.05, 0.1) is 11.7 Å². The zero-order chi connectivity index (χ0) is 14.7. The average molecular weight is 286 g/mol. The van der Waals surface area contributed by atoms with Gasteiger partial charge >= 0.3 is 0 Å². The molecule has 0 spiro atoms. The van der Waals surface area contributed by atoms with Gasteiger partial charge in [0.1, 0.15) is 12.1 Å². The van der Waals surface area contributed by atoms with E-state index in [1.54, 1.807) is 41.6 Å². The summed E-state index contributed by atoms with van der Waals surface area (Å²) in [5.74, 6) is 0.978. The molecular weight excluding hydrogens is 268 g/mol. The zero-order valence-corrected chi connectivity index (χ0v) is 11.6. The monoisotopic (exact) mass is 286 g/mol. The number of carbonyl (C=O) groups is 1. The van der Waals surface area contributed by atoms with Crippen molar-refractivity contribution in [2.75, 3.05) is 6.54 Å². The Hall–Kier alpha value is -2.21. The summed E-state index contributed by atoms with van der Waals surface area (Å²) >= 11 is 0. The van der Waals surface area contributed by atoms with Crippen LogP contribution in [-0.4, -0.2) is 38.2 Å². The number of aromatic nitrogens is 3. The van der Waals surface area contributed by atoms with Gasteiger partial charge < -0.3 is 10.4 Å². The minimum absolute atomic E-state index is 0.124. The third kappa shape index (κ3) is 3.28. The maximum atomic E-state index is 12.0. The molecule has 2 aromatic heterocycles. The molecule has 2 heterocycles. The fraction of sp³-hybridized carbons (Fsp3) is 0.400. The topological polar surface area (TPSA) is 80.0 Å². The van der Waals surface area contributed by atoms with Gasteiger partial charge in [0.2, 0.25) is 0 Å². The Balaban J connectivity index is 1.57. The number of nitrogens with zero attached hydrogens (tertiary/aromatic N) is 3. The number of rotatable bonds is 4. The Morgan fingerprint density at radius 1 is 1.43 bits per heavy atom. The van der Waals surface area contributed by atoms with Crippen molar-refractivity contribution in [3.8, 4) is 5.82 Å². The molecule has 1 aliphatic rings. The molecule has 6 heteroatoms. The largest absolute Gasteiger partial charge is 0.393 e. The van der Waals surface area contributed by atoms with Gasteiger partial charge in [-0.15, -0.1) is 0 Å². The molecule has 2 unspecified atom stereocenters. The molecule has 1 fully saturated rings. The van der Waals surface area contributed by atoms with Crippen molar-refractivity contribution >= 4 is 5.91 Å². The lowest BCUT2D eigenvalue weighted by Gasteiger charge is -2.11. The second-order valence-corrected chi connectivity index (χ2v) is 5.42. The van der Waals surface area contributed by atoms with Gasteiger partial charge in [-0.05, 0) is 37.3 Å². The normalized spacial score (nSPS) is 21.4. The molecule has 2 atom stereocenters. The van der Waals surface area contributed by atoms with Crippen LogP contribution in [0.25, 0.3) is 5.82 Å². The molecule has 1 saturated carbocycles. The summed E-state index contributed by atoms with van der Waals surface area (Å²) in [6.45, 7) is 0.610. The molecule has 110 valence electrons. The van der Waals surface area contributed by atoms with Crippen LogP contribution in [0.15, 0.2) is 37.1 Å². The summed E-state index contributed by atoms with van der Waals surface area (Å²) in [5.41, 5.74) is 0.539. The molecule has 0 radical (unpaired) electrons. The van der Waals surface area contributed by atoms with Gasteiger partial charge in [-0.2, -0.15) is 0 Å². The first-order valence-corrected chi connectivity index (χ1v) is 7.13. The Morgan fingerprint density at radius 3 is 2.95 bits per heavy atom. The van der Waals surface area contributed by atoms with Gasteiger partial charge in [0.25, 0.3) is 5.91 Å². The number of aliphatic hydroxyl groups is 1. The van der Waals surface area contributed by atoms with E-state index in [2.05, 4.69) is 15.3 Å². The highest BCUT2D eigenvalue weighted by molar-refractivity contribution is 5.93. The van der Waals surface area contributed by atoms with Crippen LogP contribution < -0.4 is 5.32 Å². The SMILES string of the molecule is O=C(NCC1CCC(O)C1)c1ccc(-n2ccnc2)nc1. The van der Waals surface area contributed by atoms with Gasteiger partial charge in [-0.3, -0.25) is 9.36 Å². The van der Waals surface area contributed by atoms with Crippen molar-refractivity contribution < 1.29 is 9.90 Å². The van der Waals surface area contributed by atoms with Crippen LogP contribution in [0.4, 0.5) is 0 Å². The maximum absolute atomic E-state index is 12.0. The number of hydrogen-bond donors (Lipinski definition) is 2. The number of pyridine rings is 1. The van der Waals surface area contributed by atoms with E-state index in [0.717, 1.165) is 25.1 Å². The van der Waals surface area contributed by atoms with Crippen molar-refractivity contribution in [1.82, 2.24) is 19.9 Å². The predicted octanol–water partition coefficient (Wildman–Crippen LogP) is 1.16. The molecule has 0 bridgehead atoms. The number of hydrogen-bond acceptors (Lipinski definition) is 4. The first-order chi connectivity index (χ1) is 10.2. The molecule has 1 aliphatic carbocycles. The van der Waals surface area contributed by atoms with Crippen molar-refractivity contribution in [2.45, 2.75) is 25.4 Å². The summed E-state index contributed by atoms with van der Waals surface area (Å²) in [6, 6.07) is 3.54. The Morgan fingerprint density at radius 2 is 2.33 bits per heavy atom. The molecule has 21 heavy (non-hydrogen) atoms. The lowest BCUT2D eigenvalue weighted by atomic mass is 10.1. The third-order valence-corrected chi connectivity index (χ3v) is 3.84. The van der Waals surface area contributed by atoms with Crippen LogP contribution in [0, 0.1) is 5.92 Å². The van der Waals surface area contributed by atoms with Crippen LogP contribution in [-0.2, 0) is 0 Å². The highest BCUT2D eigenvalue weighted by Gasteiger charge is 2.23. The highest BCUT2D eigenvalue weighted by atomic mass is 16.3. The first-order valence-electron chi connectivity index (χ1n) is 7.13. The van der Waals surface area contributed by atoms with Gasteiger partial charge in [0, 0.05) is 25.1 Å². The third-order valence-electron chi connectivity index (χ3n) is 3.84. The Bertz CT molecular complexity index is 595. The summed E-state index contributed by atoms with van der Waals surface area (Å²) in [5, 5.41) is 12.4. The maximum Gasteiger partial charge on any atom is 0.252 e. The molecule has 6 nitrogen and oxygen atoms in total. The van der Waals surface area contributed by atoms with E-state index >= 15 is 0 Å². The van der Waals surface area contributed by atoms with Crippen molar-refractivity contribution in [3.63, 3.8) is 0 Å². The number of aliphatic hydroxyl groups excluding tert-OH is 1. The van der Waals surface area contributed by atoms with E-state index < -0.39 is 0 Å². The minimum Gasteiger partial charge on any atom is -0.393 e. The fourth-order valence-electron chi connectivity index (χ4n) is 2.64. The van der Waals surface area contributed by atoms with E-state index in [1.165, 1.54) is 0 Å². The molecule has 0 saturated heterocycles. The lowest BCUT2D eigenvalue weighted by Crippen LogP contribution is -2.28. The fourth-order valence-corrected chi connectivity index (χ4v) is 2.64. The first kappa shape index (κ1) is 13.8. The summed E-state index contributed by atoms with van der Waals surface area (Å²) < 4.78 is 1.78. The molecule has 2 aromatic rings. The molecule has 3 rings (SSSR count). The smallest absolute Gasteiger partial charge is 0.252 e. The van der Waals surface area contributed by atoms with E-state index in [1.807, 2.05) is 0 Å². The number of nitrogens with one attached hydrogen (secondary N) is 1. The summed E-state index contributed by atoms with van der Waals surface area (Å²) in [7, 11) is 0. The van der Waals surface area contributed by atoms with Crippen molar-refractivity contribution in [1.29, 1.82) is 0 Å². The van der Waals surface area contributed by atoms with Gasteiger partial charge in [-0.25, -0.2) is 9.97 Å². The molecular formula is C15H18N4O2. The van der Waals surface area contributed by atoms with E-state index in [9.17, 15) is 9.90 Å². The number of carbonyl (C=O) groups excluding carboxylic acids is 1. The standard InChI is InChI=1S/C15H18N4O2/c20-13-3-1-11(7-13)8-18-15(21)12-2-4-14(17-9-12)19-6-5-16-10-19/h2,4-6,9-11,13,20H,1,3,7-8H2,(H,18,21).